The van der Waals surface area contributed by atoms with Gasteiger partial charge in [-0.05, 0) is 61.4 Å². The van der Waals surface area contributed by atoms with Gasteiger partial charge in [0.25, 0.3) is 0 Å². The van der Waals surface area contributed by atoms with Gasteiger partial charge in [0, 0.05) is 19.3 Å². The maximum absolute atomic E-state index is 9.65. The number of fused-ring (bicyclic) bond motifs is 1. The fourth-order valence-electron chi connectivity index (χ4n) is 2.77. The molecule has 0 radical (unpaired) electrons. The number of aromatic hydroxyl groups is 1. The summed E-state index contributed by atoms with van der Waals surface area (Å²) in [6, 6.07) is 6.16. The molecular weight excluding hydrogens is 250 g/mol. The normalized spacial score (nSPS) is 18.2. The van der Waals surface area contributed by atoms with Crippen LogP contribution in [0.1, 0.15) is 50.3 Å². The Labute approximate surface area is 122 Å². The minimum atomic E-state index is 0.373. The number of ether oxygens (including phenoxy) is 1. The Morgan fingerprint density at radius 3 is 3.05 bits per heavy atom. The summed E-state index contributed by atoms with van der Waals surface area (Å²) in [6.45, 7) is 6.98. The van der Waals surface area contributed by atoms with Crippen LogP contribution in [-0.2, 0) is 11.2 Å². The molecule has 20 heavy (non-hydrogen) atoms. The van der Waals surface area contributed by atoms with E-state index in [0.29, 0.717) is 17.7 Å². The molecule has 3 heteroatoms. The smallest absolute Gasteiger partial charge is 0.115 e. The number of phenols is 1. The molecule has 1 aromatic carbocycles. The Hall–Kier alpha value is -1.06. The van der Waals surface area contributed by atoms with E-state index in [0.717, 1.165) is 39.0 Å². The number of hydrogen-bond acceptors (Lipinski definition) is 3. The molecule has 0 amide bonds. The van der Waals surface area contributed by atoms with Crippen LogP contribution in [0.3, 0.4) is 0 Å². The summed E-state index contributed by atoms with van der Waals surface area (Å²) in [5.41, 5.74) is 2.65. The molecule has 0 fully saturated rings. The van der Waals surface area contributed by atoms with E-state index < -0.39 is 0 Å². The fourth-order valence-corrected chi connectivity index (χ4v) is 2.77. The molecule has 3 nitrogen and oxygen atoms in total. The summed E-state index contributed by atoms with van der Waals surface area (Å²) >= 11 is 0. The standard InChI is InChI=1S/C17H27NO2/c1-13(2)12-20-10-4-9-18-17-6-3-5-14-7-8-15(19)11-16(14)17/h7-8,11,13,17-19H,3-6,9-10,12H2,1-2H3. The molecule has 1 aromatic rings. The van der Waals surface area contributed by atoms with Crippen LogP contribution in [-0.4, -0.2) is 24.9 Å². The highest BCUT2D eigenvalue weighted by molar-refractivity contribution is 5.38. The number of nitrogens with one attached hydrogen (secondary N) is 1. The van der Waals surface area contributed by atoms with Gasteiger partial charge in [-0.25, -0.2) is 0 Å². The van der Waals surface area contributed by atoms with E-state index in [1.807, 2.05) is 6.07 Å². The van der Waals surface area contributed by atoms with Crippen molar-refractivity contribution in [2.45, 2.75) is 45.6 Å². The first-order valence-electron chi connectivity index (χ1n) is 7.79. The Morgan fingerprint density at radius 1 is 1.40 bits per heavy atom. The highest BCUT2D eigenvalue weighted by atomic mass is 16.5. The van der Waals surface area contributed by atoms with Crippen LogP contribution in [0.25, 0.3) is 0 Å². The molecule has 1 atom stereocenters. The summed E-state index contributed by atoms with van der Waals surface area (Å²) < 4.78 is 5.59. The van der Waals surface area contributed by atoms with Crippen molar-refractivity contribution in [3.63, 3.8) is 0 Å². The zero-order chi connectivity index (χ0) is 14.4. The van der Waals surface area contributed by atoms with Crippen molar-refractivity contribution in [1.29, 1.82) is 0 Å². The van der Waals surface area contributed by atoms with E-state index in [9.17, 15) is 5.11 Å². The van der Waals surface area contributed by atoms with E-state index in [-0.39, 0.29) is 0 Å². The van der Waals surface area contributed by atoms with Crippen LogP contribution in [0.4, 0.5) is 0 Å². The molecule has 0 bridgehead atoms. The van der Waals surface area contributed by atoms with Gasteiger partial charge in [-0.2, -0.15) is 0 Å². The lowest BCUT2D eigenvalue weighted by atomic mass is 9.87. The topological polar surface area (TPSA) is 41.5 Å². The minimum absolute atomic E-state index is 0.373. The number of phenolic OH excluding ortho intramolecular Hbond substituents is 1. The quantitative estimate of drug-likeness (QED) is 0.750. The zero-order valence-corrected chi connectivity index (χ0v) is 12.7. The average molecular weight is 277 g/mol. The summed E-state index contributed by atoms with van der Waals surface area (Å²) in [4.78, 5) is 0. The van der Waals surface area contributed by atoms with Crippen molar-refractivity contribution in [2.24, 2.45) is 5.92 Å². The SMILES string of the molecule is CC(C)COCCCNC1CCCc2ccc(O)cc21. The molecule has 1 aliphatic carbocycles. The lowest BCUT2D eigenvalue weighted by Gasteiger charge is -2.26. The van der Waals surface area contributed by atoms with Crippen LogP contribution in [0.15, 0.2) is 18.2 Å². The van der Waals surface area contributed by atoms with Crippen molar-refractivity contribution in [2.75, 3.05) is 19.8 Å². The molecule has 0 saturated heterocycles. The Balaban J connectivity index is 1.76. The molecule has 0 saturated carbocycles. The largest absolute Gasteiger partial charge is 0.508 e. The van der Waals surface area contributed by atoms with Gasteiger partial charge in [0.1, 0.15) is 5.75 Å². The van der Waals surface area contributed by atoms with Gasteiger partial charge >= 0.3 is 0 Å². The van der Waals surface area contributed by atoms with Gasteiger partial charge < -0.3 is 15.2 Å². The summed E-state index contributed by atoms with van der Waals surface area (Å²) in [5.74, 6) is 0.980. The molecule has 0 spiro atoms. The van der Waals surface area contributed by atoms with Crippen LogP contribution < -0.4 is 5.32 Å². The van der Waals surface area contributed by atoms with Gasteiger partial charge in [-0.3, -0.25) is 0 Å². The lowest BCUT2D eigenvalue weighted by Crippen LogP contribution is -2.26. The molecule has 0 heterocycles. The van der Waals surface area contributed by atoms with Crippen molar-refractivity contribution >= 4 is 0 Å². The fraction of sp³-hybridized carbons (Fsp3) is 0.647. The maximum Gasteiger partial charge on any atom is 0.115 e. The third-order valence-corrected chi connectivity index (χ3v) is 3.75. The van der Waals surface area contributed by atoms with Crippen LogP contribution in [0.5, 0.6) is 5.75 Å². The predicted molar refractivity (Wildman–Crippen MR) is 82.1 cm³/mol. The number of rotatable bonds is 7. The van der Waals surface area contributed by atoms with E-state index >= 15 is 0 Å². The van der Waals surface area contributed by atoms with Crippen molar-refractivity contribution in [3.8, 4) is 5.75 Å². The molecule has 1 aliphatic rings. The minimum Gasteiger partial charge on any atom is -0.508 e. The highest BCUT2D eigenvalue weighted by Gasteiger charge is 2.19. The van der Waals surface area contributed by atoms with E-state index in [1.165, 1.54) is 17.5 Å². The summed E-state index contributed by atoms with van der Waals surface area (Å²) in [6.07, 6.45) is 4.55. The Kier molecular flexibility index (Phi) is 5.86. The number of aryl methyl sites for hydroxylation is 1. The first-order valence-corrected chi connectivity index (χ1v) is 7.79. The van der Waals surface area contributed by atoms with Crippen LogP contribution >= 0.6 is 0 Å². The van der Waals surface area contributed by atoms with Crippen LogP contribution in [0, 0.1) is 5.92 Å². The van der Waals surface area contributed by atoms with Gasteiger partial charge in [0.15, 0.2) is 0 Å². The Bertz CT molecular complexity index is 417. The van der Waals surface area contributed by atoms with E-state index in [4.69, 9.17) is 4.74 Å². The second-order valence-electron chi connectivity index (χ2n) is 6.10. The van der Waals surface area contributed by atoms with Gasteiger partial charge in [-0.15, -0.1) is 0 Å². The Morgan fingerprint density at radius 2 is 2.25 bits per heavy atom. The molecule has 112 valence electrons. The highest BCUT2D eigenvalue weighted by Crippen LogP contribution is 2.31. The maximum atomic E-state index is 9.65. The first-order chi connectivity index (χ1) is 9.66. The summed E-state index contributed by atoms with van der Waals surface area (Å²) in [7, 11) is 0. The number of hydrogen-bond donors (Lipinski definition) is 2. The molecule has 0 aromatic heterocycles. The third-order valence-electron chi connectivity index (χ3n) is 3.75. The average Bonchev–Trinajstić information content (AvgIpc) is 2.42. The van der Waals surface area contributed by atoms with Crippen LogP contribution in [0.2, 0.25) is 0 Å². The van der Waals surface area contributed by atoms with Crippen molar-refractivity contribution in [1.82, 2.24) is 5.32 Å². The van der Waals surface area contributed by atoms with Gasteiger partial charge in [0.2, 0.25) is 0 Å². The molecule has 1 unspecified atom stereocenters. The van der Waals surface area contributed by atoms with Crippen molar-refractivity contribution in [3.05, 3.63) is 29.3 Å². The zero-order valence-electron chi connectivity index (χ0n) is 12.7. The van der Waals surface area contributed by atoms with E-state index in [2.05, 4.69) is 25.2 Å². The second kappa shape index (κ2) is 7.65. The number of benzene rings is 1. The lowest BCUT2D eigenvalue weighted by molar-refractivity contribution is 0.107. The molecule has 2 N–H and O–H groups in total. The predicted octanol–water partition coefficient (Wildman–Crippen LogP) is 3.42. The first kappa shape index (κ1) is 15.3. The third kappa shape index (κ3) is 4.50. The van der Waals surface area contributed by atoms with Crippen molar-refractivity contribution < 1.29 is 9.84 Å². The van der Waals surface area contributed by atoms with Gasteiger partial charge in [-0.1, -0.05) is 19.9 Å². The monoisotopic (exact) mass is 277 g/mol. The van der Waals surface area contributed by atoms with E-state index in [1.54, 1.807) is 6.07 Å². The van der Waals surface area contributed by atoms with Gasteiger partial charge in [0.05, 0.1) is 0 Å². The summed E-state index contributed by atoms with van der Waals surface area (Å²) in [5, 5.41) is 13.3. The molecular formula is C17H27NO2. The molecule has 2 rings (SSSR count). The second-order valence-corrected chi connectivity index (χ2v) is 6.10. The molecule has 0 aliphatic heterocycles.